The van der Waals surface area contributed by atoms with Gasteiger partial charge in [-0.3, -0.25) is 9.69 Å². The number of carbonyl (C=O) groups excluding carboxylic acids is 1. The summed E-state index contributed by atoms with van der Waals surface area (Å²) in [5.74, 6) is 0.755. The molecule has 0 saturated carbocycles. The van der Waals surface area contributed by atoms with Crippen LogP contribution >= 0.6 is 27.3 Å². The van der Waals surface area contributed by atoms with E-state index < -0.39 is 0 Å². The molecule has 0 atom stereocenters. The summed E-state index contributed by atoms with van der Waals surface area (Å²) in [5.41, 5.74) is 0. The number of hydrogen-bond donors (Lipinski definition) is 0. The maximum absolute atomic E-state index is 12.1. The molecule has 1 amide bonds. The van der Waals surface area contributed by atoms with Crippen molar-refractivity contribution in [1.29, 1.82) is 0 Å². The highest BCUT2D eigenvalue weighted by atomic mass is 79.9. The fourth-order valence-electron chi connectivity index (χ4n) is 2.43. The molecule has 1 aliphatic rings. The number of halogens is 1. The van der Waals surface area contributed by atoms with E-state index in [2.05, 4.69) is 33.0 Å². The van der Waals surface area contributed by atoms with Crippen LogP contribution < -0.4 is 0 Å². The van der Waals surface area contributed by atoms with Gasteiger partial charge in [0.15, 0.2) is 0 Å². The summed E-state index contributed by atoms with van der Waals surface area (Å²) in [6.45, 7) is 4.33. The van der Waals surface area contributed by atoms with Crippen molar-refractivity contribution in [3.05, 3.63) is 51.0 Å². The van der Waals surface area contributed by atoms with Crippen molar-refractivity contribution >= 4 is 39.2 Å². The molecular formula is C16H17BrN2O2S. The van der Waals surface area contributed by atoms with E-state index in [1.807, 2.05) is 17.0 Å². The Hall–Kier alpha value is -1.37. The molecule has 4 nitrogen and oxygen atoms in total. The van der Waals surface area contributed by atoms with Gasteiger partial charge in [-0.2, -0.15) is 0 Å². The molecule has 22 heavy (non-hydrogen) atoms. The first-order chi connectivity index (χ1) is 10.7. The van der Waals surface area contributed by atoms with Gasteiger partial charge in [0.05, 0.1) is 10.0 Å². The van der Waals surface area contributed by atoms with E-state index in [1.165, 1.54) is 8.66 Å². The topological polar surface area (TPSA) is 36.7 Å². The second-order valence-electron chi connectivity index (χ2n) is 5.16. The van der Waals surface area contributed by atoms with E-state index in [1.54, 1.807) is 29.8 Å². The van der Waals surface area contributed by atoms with E-state index >= 15 is 0 Å². The molecule has 3 heterocycles. The summed E-state index contributed by atoms with van der Waals surface area (Å²) in [4.78, 5) is 17.8. The van der Waals surface area contributed by atoms with Gasteiger partial charge in [-0.05, 0) is 46.3 Å². The highest BCUT2D eigenvalue weighted by Gasteiger charge is 2.20. The molecule has 116 valence electrons. The summed E-state index contributed by atoms with van der Waals surface area (Å²) in [5, 5.41) is 0. The van der Waals surface area contributed by atoms with Crippen molar-refractivity contribution in [2.24, 2.45) is 0 Å². The van der Waals surface area contributed by atoms with Crippen LogP contribution in [0.3, 0.4) is 0 Å². The lowest BCUT2D eigenvalue weighted by atomic mass is 10.3. The molecule has 0 bridgehead atoms. The average Bonchev–Trinajstić information content (AvgIpc) is 3.17. The molecule has 0 spiro atoms. The fraction of sp³-hybridized carbons (Fsp3) is 0.312. The minimum Gasteiger partial charge on any atom is -0.465 e. The normalized spacial score (nSPS) is 16.5. The maximum Gasteiger partial charge on any atom is 0.246 e. The molecular weight excluding hydrogens is 364 g/mol. The van der Waals surface area contributed by atoms with Gasteiger partial charge >= 0.3 is 0 Å². The van der Waals surface area contributed by atoms with Crippen molar-refractivity contribution in [3.63, 3.8) is 0 Å². The van der Waals surface area contributed by atoms with Crippen LogP contribution in [-0.4, -0.2) is 41.9 Å². The number of amides is 1. The summed E-state index contributed by atoms with van der Waals surface area (Å²) in [6, 6.07) is 7.88. The van der Waals surface area contributed by atoms with Crippen molar-refractivity contribution < 1.29 is 9.21 Å². The third kappa shape index (κ3) is 4.09. The highest BCUT2D eigenvalue weighted by Crippen LogP contribution is 2.23. The van der Waals surface area contributed by atoms with E-state index in [4.69, 9.17) is 4.42 Å². The largest absolute Gasteiger partial charge is 0.465 e. The van der Waals surface area contributed by atoms with Crippen LogP contribution in [0.2, 0.25) is 0 Å². The summed E-state index contributed by atoms with van der Waals surface area (Å²) in [6.07, 6.45) is 4.91. The van der Waals surface area contributed by atoms with Gasteiger partial charge in [-0.15, -0.1) is 11.3 Å². The van der Waals surface area contributed by atoms with Crippen molar-refractivity contribution in [3.8, 4) is 0 Å². The number of hydrogen-bond acceptors (Lipinski definition) is 4. The highest BCUT2D eigenvalue weighted by molar-refractivity contribution is 9.11. The molecule has 0 radical (unpaired) electrons. The number of rotatable bonds is 4. The van der Waals surface area contributed by atoms with Crippen LogP contribution in [0.1, 0.15) is 10.6 Å². The molecule has 2 aromatic heterocycles. The maximum atomic E-state index is 12.1. The van der Waals surface area contributed by atoms with E-state index in [0.29, 0.717) is 5.76 Å². The first-order valence-electron chi connectivity index (χ1n) is 7.18. The standard InChI is InChI=1S/C16H17BrN2O2S/c17-15-5-4-14(22-15)12-18-7-9-19(10-8-18)16(20)6-3-13-2-1-11-21-13/h1-6,11H,7-10,12H2/b6-3+. The van der Waals surface area contributed by atoms with E-state index in [0.717, 1.165) is 32.7 Å². The van der Waals surface area contributed by atoms with Crippen molar-refractivity contribution in [2.45, 2.75) is 6.54 Å². The quantitative estimate of drug-likeness (QED) is 0.762. The zero-order valence-electron chi connectivity index (χ0n) is 12.1. The van der Waals surface area contributed by atoms with Gasteiger partial charge in [0.25, 0.3) is 0 Å². The summed E-state index contributed by atoms with van der Waals surface area (Å²) >= 11 is 5.26. The predicted octanol–water partition coefficient (Wildman–Crippen LogP) is 3.46. The average molecular weight is 381 g/mol. The summed E-state index contributed by atoms with van der Waals surface area (Å²) in [7, 11) is 0. The van der Waals surface area contributed by atoms with Crippen molar-refractivity contribution in [1.82, 2.24) is 9.80 Å². The Labute approximate surface area is 142 Å². The smallest absolute Gasteiger partial charge is 0.246 e. The lowest BCUT2D eigenvalue weighted by Crippen LogP contribution is -2.47. The van der Waals surface area contributed by atoms with Crippen LogP contribution in [0.15, 0.2) is 44.8 Å². The number of piperazine rings is 1. The number of carbonyl (C=O) groups is 1. The van der Waals surface area contributed by atoms with Gasteiger partial charge in [0.1, 0.15) is 5.76 Å². The van der Waals surface area contributed by atoms with Gasteiger partial charge in [0, 0.05) is 43.7 Å². The third-order valence-corrected chi connectivity index (χ3v) is 5.23. The number of furan rings is 1. The zero-order valence-corrected chi connectivity index (χ0v) is 14.5. The number of nitrogens with zero attached hydrogens (tertiary/aromatic N) is 2. The first kappa shape index (κ1) is 15.5. The molecule has 6 heteroatoms. The Bertz CT molecular complexity index is 643. The van der Waals surface area contributed by atoms with Gasteiger partial charge in [-0.25, -0.2) is 0 Å². The molecule has 1 saturated heterocycles. The van der Waals surface area contributed by atoms with E-state index in [9.17, 15) is 4.79 Å². The van der Waals surface area contributed by atoms with Gasteiger partial charge < -0.3 is 9.32 Å². The summed E-state index contributed by atoms with van der Waals surface area (Å²) < 4.78 is 6.35. The molecule has 1 aliphatic heterocycles. The first-order valence-corrected chi connectivity index (χ1v) is 8.79. The van der Waals surface area contributed by atoms with Crippen LogP contribution in [0.5, 0.6) is 0 Å². The molecule has 3 rings (SSSR count). The lowest BCUT2D eigenvalue weighted by molar-refractivity contribution is -0.127. The molecule has 2 aromatic rings. The third-order valence-electron chi connectivity index (χ3n) is 3.63. The zero-order chi connectivity index (χ0) is 15.4. The molecule has 0 unspecified atom stereocenters. The monoisotopic (exact) mass is 380 g/mol. The molecule has 0 aliphatic carbocycles. The molecule has 0 aromatic carbocycles. The van der Waals surface area contributed by atoms with Crippen LogP contribution in [0.4, 0.5) is 0 Å². The fourth-order valence-corrected chi connectivity index (χ4v) is 3.95. The van der Waals surface area contributed by atoms with Crippen LogP contribution in [0.25, 0.3) is 6.08 Å². The van der Waals surface area contributed by atoms with Crippen molar-refractivity contribution in [2.75, 3.05) is 26.2 Å². The van der Waals surface area contributed by atoms with Gasteiger partial charge in [-0.1, -0.05) is 0 Å². The second-order valence-corrected chi connectivity index (χ2v) is 7.70. The second kappa shape index (κ2) is 7.26. The Morgan fingerprint density at radius 1 is 1.27 bits per heavy atom. The predicted molar refractivity (Wildman–Crippen MR) is 91.6 cm³/mol. The molecule has 0 N–H and O–H groups in total. The minimum absolute atomic E-state index is 0.0509. The Kier molecular flexibility index (Phi) is 5.12. The van der Waals surface area contributed by atoms with Gasteiger partial charge in [0.2, 0.25) is 5.91 Å². The van der Waals surface area contributed by atoms with Crippen LogP contribution in [-0.2, 0) is 11.3 Å². The van der Waals surface area contributed by atoms with E-state index in [-0.39, 0.29) is 5.91 Å². The SMILES string of the molecule is O=C(/C=C/c1ccco1)N1CCN(Cc2ccc(Br)s2)CC1. The lowest BCUT2D eigenvalue weighted by Gasteiger charge is -2.33. The molecule has 1 fully saturated rings. The Balaban J connectivity index is 1.47. The Morgan fingerprint density at radius 2 is 2.09 bits per heavy atom. The van der Waals surface area contributed by atoms with Crippen LogP contribution in [0, 0.1) is 0 Å². The number of thiophene rings is 1. The Morgan fingerprint density at radius 3 is 2.73 bits per heavy atom. The minimum atomic E-state index is 0.0509.